The molecule has 1 aromatic rings. The molecular formula is C13H18O4. The number of benzene rings is 1. The zero-order chi connectivity index (χ0) is 13.1. The first-order valence-corrected chi connectivity index (χ1v) is 5.37. The fraction of sp³-hybridized carbons (Fsp3) is 0.462. The zero-order valence-electron chi connectivity index (χ0n) is 10.6. The number of esters is 1. The second kappa shape index (κ2) is 5.19. The second-order valence-electron chi connectivity index (χ2n) is 4.59. The molecule has 4 nitrogen and oxygen atoms in total. The van der Waals surface area contributed by atoms with Crippen molar-refractivity contribution in [3.05, 3.63) is 29.3 Å². The monoisotopic (exact) mass is 238 g/mol. The summed E-state index contributed by atoms with van der Waals surface area (Å²) in [7, 11) is 1.32. The first-order valence-electron chi connectivity index (χ1n) is 5.37. The summed E-state index contributed by atoms with van der Waals surface area (Å²) < 4.78 is 10.1. The number of carbonyl (C=O) groups is 1. The molecule has 1 rings (SSSR count). The molecule has 1 aromatic carbocycles. The summed E-state index contributed by atoms with van der Waals surface area (Å²) in [5.74, 6) is -0.0241. The van der Waals surface area contributed by atoms with E-state index >= 15 is 0 Å². The van der Waals surface area contributed by atoms with Crippen LogP contribution in [0.3, 0.4) is 0 Å². The van der Waals surface area contributed by atoms with Crippen molar-refractivity contribution >= 4 is 5.97 Å². The minimum Gasteiger partial charge on any atom is -0.490 e. The van der Waals surface area contributed by atoms with Gasteiger partial charge in [-0.15, -0.1) is 0 Å². The van der Waals surface area contributed by atoms with Gasteiger partial charge in [0.15, 0.2) is 0 Å². The van der Waals surface area contributed by atoms with Gasteiger partial charge >= 0.3 is 5.97 Å². The molecular weight excluding hydrogens is 220 g/mol. The number of rotatable bonds is 4. The predicted molar refractivity (Wildman–Crippen MR) is 64.3 cm³/mol. The summed E-state index contributed by atoms with van der Waals surface area (Å²) in [6.07, 6.45) is 0. The maximum Gasteiger partial charge on any atom is 0.341 e. The number of ether oxygens (including phenoxy) is 2. The van der Waals surface area contributed by atoms with E-state index in [0.29, 0.717) is 11.3 Å². The molecule has 94 valence electrons. The predicted octanol–water partition coefficient (Wildman–Crippen LogP) is 1.93. The number of aryl methyl sites for hydroxylation is 1. The van der Waals surface area contributed by atoms with Gasteiger partial charge in [-0.3, -0.25) is 0 Å². The van der Waals surface area contributed by atoms with Gasteiger partial charge in [0.05, 0.1) is 12.7 Å². The van der Waals surface area contributed by atoms with Crippen LogP contribution in [0, 0.1) is 6.92 Å². The van der Waals surface area contributed by atoms with Gasteiger partial charge in [-0.05, 0) is 32.9 Å². The van der Waals surface area contributed by atoms with Gasteiger partial charge in [-0.25, -0.2) is 4.79 Å². The first kappa shape index (κ1) is 13.5. The highest BCUT2D eigenvalue weighted by molar-refractivity contribution is 5.92. The van der Waals surface area contributed by atoms with Crippen molar-refractivity contribution in [1.82, 2.24) is 0 Å². The molecule has 1 N–H and O–H groups in total. The largest absolute Gasteiger partial charge is 0.490 e. The second-order valence-corrected chi connectivity index (χ2v) is 4.59. The summed E-state index contributed by atoms with van der Waals surface area (Å²) in [6.45, 7) is 5.27. The average molecular weight is 238 g/mol. The first-order chi connectivity index (χ1) is 7.83. The van der Waals surface area contributed by atoms with Gasteiger partial charge in [-0.1, -0.05) is 11.6 Å². The Hall–Kier alpha value is -1.55. The maximum absolute atomic E-state index is 11.5. The maximum atomic E-state index is 11.5. The van der Waals surface area contributed by atoms with Gasteiger partial charge in [0.2, 0.25) is 0 Å². The Morgan fingerprint density at radius 1 is 1.41 bits per heavy atom. The lowest BCUT2D eigenvalue weighted by atomic mass is 10.1. The Morgan fingerprint density at radius 3 is 2.59 bits per heavy atom. The number of aliphatic hydroxyl groups is 1. The van der Waals surface area contributed by atoms with Crippen molar-refractivity contribution in [3.8, 4) is 5.75 Å². The quantitative estimate of drug-likeness (QED) is 0.814. The molecule has 0 radical (unpaired) electrons. The van der Waals surface area contributed by atoms with Crippen LogP contribution in [0.15, 0.2) is 18.2 Å². The smallest absolute Gasteiger partial charge is 0.341 e. The standard InChI is InChI=1S/C13H18O4/c1-9-5-6-11(17-8-13(2,3)15)10(7-9)12(14)16-4/h5-7,15H,8H2,1-4H3. The minimum atomic E-state index is -0.946. The summed E-state index contributed by atoms with van der Waals surface area (Å²) >= 11 is 0. The van der Waals surface area contributed by atoms with E-state index in [-0.39, 0.29) is 6.61 Å². The molecule has 0 aliphatic rings. The van der Waals surface area contributed by atoms with E-state index in [1.54, 1.807) is 26.0 Å². The summed E-state index contributed by atoms with van der Waals surface area (Å²) in [6, 6.07) is 5.24. The molecule has 0 fully saturated rings. The van der Waals surface area contributed by atoms with Gasteiger partial charge in [-0.2, -0.15) is 0 Å². The van der Waals surface area contributed by atoms with Gasteiger partial charge < -0.3 is 14.6 Å². The Morgan fingerprint density at radius 2 is 2.06 bits per heavy atom. The summed E-state index contributed by atoms with van der Waals surface area (Å²) in [5, 5.41) is 9.58. The van der Waals surface area contributed by atoms with Crippen LogP contribution in [0.2, 0.25) is 0 Å². The fourth-order valence-electron chi connectivity index (χ4n) is 1.29. The third-order valence-corrected chi connectivity index (χ3v) is 2.12. The Bertz CT molecular complexity index is 404. The highest BCUT2D eigenvalue weighted by Crippen LogP contribution is 2.22. The van der Waals surface area contributed by atoms with E-state index in [2.05, 4.69) is 4.74 Å². The van der Waals surface area contributed by atoms with Crippen LogP contribution < -0.4 is 4.74 Å². The Labute approximate surface area is 101 Å². The lowest BCUT2D eigenvalue weighted by Crippen LogP contribution is -2.28. The van der Waals surface area contributed by atoms with E-state index in [1.807, 2.05) is 13.0 Å². The van der Waals surface area contributed by atoms with Crippen molar-refractivity contribution in [2.75, 3.05) is 13.7 Å². The molecule has 4 heteroatoms. The SMILES string of the molecule is COC(=O)c1cc(C)ccc1OCC(C)(C)O. The summed E-state index contributed by atoms with van der Waals surface area (Å²) in [4.78, 5) is 11.5. The molecule has 0 saturated heterocycles. The van der Waals surface area contributed by atoms with Crippen LogP contribution in [0.1, 0.15) is 29.8 Å². The lowest BCUT2D eigenvalue weighted by Gasteiger charge is -2.19. The molecule has 0 atom stereocenters. The van der Waals surface area contributed by atoms with Gasteiger partial charge in [0.25, 0.3) is 0 Å². The van der Waals surface area contributed by atoms with Crippen molar-refractivity contribution in [3.63, 3.8) is 0 Å². The van der Waals surface area contributed by atoms with Crippen LogP contribution in [-0.2, 0) is 4.74 Å². The number of carbonyl (C=O) groups excluding carboxylic acids is 1. The molecule has 0 aromatic heterocycles. The molecule has 0 aliphatic heterocycles. The van der Waals surface area contributed by atoms with Gasteiger partial charge in [0, 0.05) is 0 Å². The van der Waals surface area contributed by atoms with Crippen molar-refractivity contribution < 1.29 is 19.4 Å². The van der Waals surface area contributed by atoms with E-state index in [9.17, 15) is 9.90 Å². The summed E-state index contributed by atoms with van der Waals surface area (Å²) in [5.41, 5.74) is 0.371. The third kappa shape index (κ3) is 4.07. The Balaban J connectivity index is 2.94. The van der Waals surface area contributed by atoms with Gasteiger partial charge in [0.1, 0.15) is 17.9 Å². The van der Waals surface area contributed by atoms with Crippen LogP contribution in [0.4, 0.5) is 0 Å². The van der Waals surface area contributed by atoms with Crippen LogP contribution in [0.25, 0.3) is 0 Å². The molecule has 0 spiro atoms. The molecule has 0 unspecified atom stereocenters. The van der Waals surface area contributed by atoms with Crippen molar-refractivity contribution in [2.45, 2.75) is 26.4 Å². The third-order valence-electron chi connectivity index (χ3n) is 2.12. The molecule has 0 heterocycles. The molecule has 0 saturated carbocycles. The highest BCUT2D eigenvalue weighted by atomic mass is 16.5. The molecule has 0 aliphatic carbocycles. The van der Waals surface area contributed by atoms with Crippen molar-refractivity contribution in [1.29, 1.82) is 0 Å². The van der Waals surface area contributed by atoms with Crippen LogP contribution in [0.5, 0.6) is 5.75 Å². The van der Waals surface area contributed by atoms with Crippen molar-refractivity contribution in [2.24, 2.45) is 0 Å². The average Bonchev–Trinajstić information content (AvgIpc) is 2.25. The number of hydrogen-bond acceptors (Lipinski definition) is 4. The number of hydrogen-bond donors (Lipinski definition) is 1. The zero-order valence-corrected chi connectivity index (χ0v) is 10.6. The lowest BCUT2D eigenvalue weighted by molar-refractivity contribution is 0.0272. The van der Waals surface area contributed by atoms with E-state index in [4.69, 9.17) is 4.74 Å². The molecule has 0 bridgehead atoms. The molecule has 17 heavy (non-hydrogen) atoms. The van der Waals surface area contributed by atoms with E-state index < -0.39 is 11.6 Å². The fourth-order valence-corrected chi connectivity index (χ4v) is 1.29. The van der Waals surface area contributed by atoms with E-state index in [0.717, 1.165) is 5.56 Å². The highest BCUT2D eigenvalue weighted by Gasteiger charge is 2.17. The topological polar surface area (TPSA) is 55.8 Å². The number of methoxy groups -OCH3 is 1. The van der Waals surface area contributed by atoms with Crippen LogP contribution >= 0.6 is 0 Å². The Kier molecular flexibility index (Phi) is 4.12. The van der Waals surface area contributed by atoms with Crippen LogP contribution in [-0.4, -0.2) is 30.4 Å². The molecule has 0 amide bonds. The minimum absolute atomic E-state index is 0.111. The normalized spacial score (nSPS) is 11.1. The van der Waals surface area contributed by atoms with E-state index in [1.165, 1.54) is 7.11 Å².